The molecule has 1 saturated heterocycles. The van der Waals surface area contributed by atoms with Crippen LogP contribution in [0, 0.1) is 0 Å². The number of benzene rings is 2. The van der Waals surface area contributed by atoms with Crippen LogP contribution in [0.25, 0.3) is 0 Å². The molecule has 0 spiro atoms. The van der Waals surface area contributed by atoms with Gasteiger partial charge in [0.25, 0.3) is 5.91 Å². The van der Waals surface area contributed by atoms with E-state index in [0.29, 0.717) is 29.9 Å². The quantitative estimate of drug-likeness (QED) is 0.797. The molecule has 1 aliphatic heterocycles. The molecule has 2 aromatic carbocycles. The number of ether oxygens (including phenoxy) is 1. The molecule has 1 heterocycles. The highest BCUT2D eigenvalue weighted by Gasteiger charge is 2.32. The number of aliphatic hydroxyl groups is 1. The van der Waals surface area contributed by atoms with E-state index in [1.165, 1.54) is 28.6 Å². The van der Waals surface area contributed by atoms with Gasteiger partial charge in [0, 0.05) is 24.3 Å². The number of carbonyl (C=O) groups is 1. The first-order valence-corrected chi connectivity index (χ1v) is 10.5. The average Bonchev–Trinajstić information content (AvgIpc) is 2.67. The van der Waals surface area contributed by atoms with Crippen molar-refractivity contribution in [3.05, 3.63) is 59.7 Å². The van der Waals surface area contributed by atoms with E-state index in [4.69, 9.17) is 4.74 Å². The van der Waals surface area contributed by atoms with E-state index >= 15 is 0 Å². The summed E-state index contributed by atoms with van der Waals surface area (Å²) in [6.45, 7) is 4.18. The van der Waals surface area contributed by atoms with Crippen molar-refractivity contribution in [1.82, 2.24) is 4.31 Å². The maximum atomic E-state index is 12.9. The Morgan fingerprint density at radius 3 is 2.39 bits per heavy atom. The predicted molar refractivity (Wildman–Crippen MR) is 106 cm³/mol. The number of morpholine rings is 1. The van der Waals surface area contributed by atoms with E-state index in [2.05, 4.69) is 5.32 Å². The van der Waals surface area contributed by atoms with Crippen molar-refractivity contribution in [2.24, 2.45) is 0 Å². The minimum atomic E-state index is -3.64. The molecule has 8 heteroatoms. The van der Waals surface area contributed by atoms with Gasteiger partial charge in [-0.05, 0) is 55.8 Å². The smallest absolute Gasteiger partial charge is 0.255 e. The van der Waals surface area contributed by atoms with Crippen LogP contribution in [0.4, 0.5) is 5.69 Å². The highest BCUT2D eigenvalue weighted by atomic mass is 32.2. The van der Waals surface area contributed by atoms with E-state index in [1.807, 2.05) is 13.8 Å². The van der Waals surface area contributed by atoms with Gasteiger partial charge in [-0.15, -0.1) is 0 Å². The van der Waals surface area contributed by atoms with Crippen LogP contribution in [-0.2, 0) is 21.4 Å². The van der Waals surface area contributed by atoms with Crippen LogP contribution in [0.2, 0.25) is 0 Å². The Morgan fingerprint density at radius 1 is 1.14 bits per heavy atom. The summed E-state index contributed by atoms with van der Waals surface area (Å²) in [5.41, 5.74) is 1.59. The molecule has 150 valence electrons. The molecule has 2 aromatic rings. The topological polar surface area (TPSA) is 95.9 Å². The van der Waals surface area contributed by atoms with Crippen LogP contribution in [0.1, 0.15) is 29.8 Å². The largest absolute Gasteiger partial charge is 0.392 e. The second-order valence-electron chi connectivity index (χ2n) is 6.92. The third kappa shape index (κ3) is 4.59. The van der Waals surface area contributed by atoms with Gasteiger partial charge in [0.2, 0.25) is 10.0 Å². The third-order valence-corrected chi connectivity index (χ3v) is 6.35. The fourth-order valence-electron chi connectivity index (χ4n) is 3.21. The zero-order valence-corrected chi connectivity index (χ0v) is 16.6. The molecule has 1 aliphatic rings. The number of anilines is 1. The van der Waals surface area contributed by atoms with Crippen molar-refractivity contribution in [2.75, 3.05) is 18.4 Å². The standard InChI is InChI=1S/C20H24N2O5S/c1-14-11-22(12-15(2)27-14)28(25,26)19-8-6-17(7-9-19)20(24)21-18-5-3-4-16(10-18)13-23/h3-10,14-15,23H,11-13H2,1-2H3,(H,21,24)/t14-,15-/m1/s1. The maximum absolute atomic E-state index is 12.9. The van der Waals surface area contributed by atoms with Gasteiger partial charge < -0.3 is 15.2 Å². The lowest BCUT2D eigenvalue weighted by atomic mass is 10.2. The van der Waals surface area contributed by atoms with Gasteiger partial charge >= 0.3 is 0 Å². The van der Waals surface area contributed by atoms with E-state index in [-0.39, 0.29) is 29.6 Å². The lowest BCUT2D eigenvalue weighted by Crippen LogP contribution is -2.48. The van der Waals surface area contributed by atoms with Crippen molar-refractivity contribution >= 4 is 21.6 Å². The zero-order valence-electron chi connectivity index (χ0n) is 15.8. The Labute approximate surface area is 165 Å². The second kappa shape index (κ2) is 8.40. The molecular formula is C20H24N2O5S. The van der Waals surface area contributed by atoms with Crippen LogP contribution in [0.5, 0.6) is 0 Å². The van der Waals surface area contributed by atoms with E-state index < -0.39 is 10.0 Å². The molecule has 0 saturated carbocycles. The summed E-state index contributed by atoms with van der Waals surface area (Å²) in [5.74, 6) is -0.354. The highest BCUT2D eigenvalue weighted by molar-refractivity contribution is 7.89. The number of hydrogen-bond acceptors (Lipinski definition) is 5. The summed E-state index contributed by atoms with van der Waals surface area (Å²) in [4.78, 5) is 12.6. The van der Waals surface area contributed by atoms with Gasteiger partial charge in [0.15, 0.2) is 0 Å². The van der Waals surface area contributed by atoms with Crippen molar-refractivity contribution in [1.29, 1.82) is 0 Å². The Morgan fingerprint density at radius 2 is 1.79 bits per heavy atom. The number of sulfonamides is 1. The Bertz CT molecular complexity index is 933. The van der Waals surface area contributed by atoms with Gasteiger partial charge in [-0.1, -0.05) is 12.1 Å². The summed E-state index contributed by atoms with van der Waals surface area (Å²) in [6, 6.07) is 12.8. The van der Waals surface area contributed by atoms with Crippen LogP contribution in [0.15, 0.2) is 53.4 Å². The maximum Gasteiger partial charge on any atom is 0.255 e. The summed E-state index contributed by atoms with van der Waals surface area (Å²) in [7, 11) is -3.64. The molecule has 0 bridgehead atoms. The molecule has 1 amide bonds. The first kappa shape index (κ1) is 20.5. The van der Waals surface area contributed by atoms with Crippen molar-refractivity contribution in [2.45, 2.75) is 37.6 Å². The van der Waals surface area contributed by atoms with Crippen LogP contribution < -0.4 is 5.32 Å². The molecule has 2 N–H and O–H groups in total. The minimum Gasteiger partial charge on any atom is -0.392 e. The van der Waals surface area contributed by atoms with Gasteiger partial charge in [-0.2, -0.15) is 4.31 Å². The molecule has 7 nitrogen and oxygen atoms in total. The fourth-order valence-corrected chi connectivity index (χ4v) is 4.80. The molecule has 3 rings (SSSR count). The number of rotatable bonds is 5. The minimum absolute atomic E-state index is 0.116. The first-order valence-electron chi connectivity index (χ1n) is 9.06. The first-order chi connectivity index (χ1) is 13.3. The summed E-state index contributed by atoms with van der Waals surface area (Å²) in [5, 5.41) is 11.9. The molecule has 2 atom stereocenters. The zero-order chi connectivity index (χ0) is 20.3. The number of aliphatic hydroxyl groups excluding tert-OH is 1. The Balaban J connectivity index is 1.74. The molecule has 0 aliphatic carbocycles. The lowest BCUT2D eigenvalue weighted by molar-refractivity contribution is -0.0440. The molecule has 0 unspecified atom stereocenters. The number of carbonyl (C=O) groups excluding carboxylic acids is 1. The van der Waals surface area contributed by atoms with Gasteiger partial charge in [-0.3, -0.25) is 4.79 Å². The van der Waals surface area contributed by atoms with Crippen LogP contribution >= 0.6 is 0 Å². The molecule has 0 radical (unpaired) electrons. The molecule has 1 fully saturated rings. The van der Waals surface area contributed by atoms with Crippen LogP contribution in [0.3, 0.4) is 0 Å². The number of amides is 1. The summed E-state index contributed by atoms with van der Waals surface area (Å²) >= 11 is 0. The number of nitrogens with zero attached hydrogens (tertiary/aromatic N) is 1. The summed E-state index contributed by atoms with van der Waals surface area (Å²) in [6.07, 6.45) is -0.337. The van der Waals surface area contributed by atoms with E-state index in [0.717, 1.165) is 0 Å². The average molecular weight is 404 g/mol. The molecule has 0 aromatic heterocycles. The van der Waals surface area contributed by atoms with Gasteiger partial charge in [0.1, 0.15) is 0 Å². The van der Waals surface area contributed by atoms with Crippen LogP contribution in [-0.4, -0.2) is 49.0 Å². The lowest BCUT2D eigenvalue weighted by Gasteiger charge is -2.34. The van der Waals surface area contributed by atoms with Crippen molar-refractivity contribution in [3.63, 3.8) is 0 Å². The summed E-state index contributed by atoms with van der Waals surface area (Å²) < 4.78 is 32.7. The SMILES string of the molecule is C[C@@H]1CN(S(=O)(=O)c2ccc(C(=O)Nc3cccc(CO)c3)cc2)C[C@@H](C)O1. The monoisotopic (exact) mass is 404 g/mol. The Kier molecular flexibility index (Phi) is 6.14. The number of nitrogens with one attached hydrogen (secondary N) is 1. The third-order valence-electron chi connectivity index (χ3n) is 4.51. The fraction of sp³-hybridized carbons (Fsp3) is 0.350. The van der Waals surface area contributed by atoms with Crippen molar-refractivity contribution < 1.29 is 23.1 Å². The molecule has 28 heavy (non-hydrogen) atoms. The second-order valence-corrected chi connectivity index (χ2v) is 8.85. The number of hydrogen-bond donors (Lipinski definition) is 2. The molecular weight excluding hydrogens is 380 g/mol. The predicted octanol–water partition coefficient (Wildman–Crippen LogP) is 2.23. The van der Waals surface area contributed by atoms with E-state index in [1.54, 1.807) is 24.3 Å². The van der Waals surface area contributed by atoms with E-state index in [9.17, 15) is 18.3 Å². The van der Waals surface area contributed by atoms with Gasteiger partial charge in [-0.25, -0.2) is 8.42 Å². The van der Waals surface area contributed by atoms with Gasteiger partial charge in [0.05, 0.1) is 23.7 Å². The highest BCUT2D eigenvalue weighted by Crippen LogP contribution is 2.22. The van der Waals surface area contributed by atoms with Crippen molar-refractivity contribution in [3.8, 4) is 0 Å². The Hall–Kier alpha value is -2.26. The normalized spacial score (nSPS) is 20.7.